The number of hydrogen-bond acceptors (Lipinski definition) is 2. The lowest BCUT2D eigenvalue weighted by Gasteiger charge is -2.26. The van der Waals surface area contributed by atoms with Gasteiger partial charge >= 0.3 is 0 Å². The van der Waals surface area contributed by atoms with Crippen molar-refractivity contribution in [2.24, 2.45) is 0 Å². The van der Waals surface area contributed by atoms with Crippen molar-refractivity contribution in [2.75, 3.05) is 0 Å². The van der Waals surface area contributed by atoms with Crippen LogP contribution in [0.4, 0.5) is 0 Å². The molecule has 100 valence electrons. The standard InChI is InChI=1S/C16H19ClN2/c17-13-5-7-14(8-6-13)19-11-12-9-10-18-16-4-2-1-3-15(12)16/h1-4,9-10,13-14,19H,5-8,11H2. The Balaban J connectivity index is 1.68. The van der Waals surface area contributed by atoms with Crippen molar-refractivity contribution in [3.8, 4) is 0 Å². The Labute approximate surface area is 119 Å². The number of benzene rings is 1. The second kappa shape index (κ2) is 5.89. The molecular weight excluding hydrogens is 256 g/mol. The number of rotatable bonds is 3. The molecule has 3 heteroatoms. The summed E-state index contributed by atoms with van der Waals surface area (Å²) in [4.78, 5) is 4.40. The minimum Gasteiger partial charge on any atom is -0.310 e. The highest BCUT2D eigenvalue weighted by Gasteiger charge is 2.18. The maximum absolute atomic E-state index is 6.14. The number of halogens is 1. The minimum atomic E-state index is 0.389. The van der Waals surface area contributed by atoms with Crippen LogP contribution in [-0.4, -0.2) is 16.4 Å². The molecule has 2 nitrogen and oxygen atoms in total. The van der Waals surface area contributed by atoms with Gasteiger partial charge in [-0.1, -0.05) is 18.2 Å². The smallest absolute Gasteiger partial charge is 0.0705 e. The van der Waals surface area contributed by atoms with Crippen LogP contribution in [0.1, 0.15) is 31.2 Å². The van der Waals surface area contributed by atoms with Crippen molar-refractivity contribution in [1.82, 2.24) is 10.3 Å². The van der Waals surface area contributed by atoms with Crippen LogP contribution >= 0.6 is 11.6 Å². The lowest BCUT2D eigenvalue weighted by Crippen LogP contribution is -2.33. The van der Waals surface area contributed by atoms with Gasteiger partial charge in [-0.2, -0.15) is 0 Å². The van der Waals surface area contributed by atoms with E-state index in [0.717, 1.165) is 24.9 Å². The van der Waals surface area contributed by atoms with E-state index in [2.05, 4.69) is 34.6 Å². The third-order valence-electron chi connectivity index (χ3n) is 3.98. The summed E-state index contributed by atoms with van der Waals surface area (Å²) in [7, 11) is 0. The summed E-state index contributed by atoms with van der Waals surface area (Å²) in [6.07, 6.45) is 6.55. The quantitative estimate of drug-likeness (QED) is 0.860. The maximum atomic E-state index is 6.14. The van der Waals surface area contributed by atoms with Gasteiger partial charge in [0, 0.05) is 29.5 Å². The molecule has 0 saturated heterocycles. The van der Waals surface area contributed by atoms with E-state index in [9.17, 15) is 0 Å². The zero-order chi connectivity index (χ0) is 13.1. The largest absolute Gasteiger partial charge is 0.310 e. The molecule has 0 amide bonds. The Morgan fingerprint density at radius 3 is 2.74 bits per heavy atom. The van der Waals surface area contributed by atoms with Gasteiger partial charge in [0.1, 0.15) is 0 Å². The molecule has 0 spiro atoms. The summed E-state index contributed by atoms with van der Waals surface area (Å²) >= 11 is 6.14. The van der Waals surface area contributed by atoms with Crippen molar-refractivity contribution in [3.63, 3.8) is 0 Å². The normalized spacial score (nSPS) is 23.6. The number of alkyl halides is 1. The summed E-state index contributed by atoms with van der Waals surface area (Å²) < 4.78 is 0. The average molecular weight is 275 g/mol. The van der Waals surface area contributed by atoms with Crippen LogP contribution in [0.3, 0.4) is 0 Å². The molecule has 2 aromatic rings. The molecule has 0 atom stereocenters. The molecule has 1 aliphatic carbocycles. The highest BCUT2D eigenvalue weighted by atomic mass is 35.5. The molecule has 0 unspecified atom stereocenters. The van der Waals surface area contributed by atoms with Gasteiger partial charge in [0.05, 0.1) is 5.52 Å². The highest BCUT2D eigenvalue weighted by molar-refractivity contribution is 6.20. The van der Waals surface area contributed by atoms with Crippen LogP contribution < -0.4 is 5.32 Å². The number of para-hydroxylation sites is 1. The van der Waals surface area contributed by atoms with Gasteiger partial charge in [0.2, 0.25) is 0 Å². The van der Waals surface area contributed by atoms with Crippen LogP contribution in [0, 0.1) is 0 Å². The summed E-state index contributed by atoms with van der Waals surface area (Å²) in [6.45, 7) is 0.917. The van der Waals surface area contributed by atoms with E-state index in [-0.39, 0.29) is 0 Å². The summed E-state index contributed by atoms with van der Waals surface area (Å²) in [5, 5.41) is 5.31. The number of nitrogens with zero attached hydrogens (tertiary/aromatic N) is 1. The predicted octanol–water partition coefficient (Wildman–Crippen LogP) is 3.87. The predicted molar refractivity (Wildman–Crippen MR) is 80.5 cm³/mol. The van der Waals surface area contributed by atoms with E-state index >= 15 is 0 Å². The molecule has 1 fully saturated rings. The minimum absolute atomic E-state index is 0.389. The lowest BCUT2D eigenvalue weighted by atomic mass is 9.95. The number of nitrogens with one attached hydrogen (secondary N) is 1. The van der Waals surface area contributed by atoms with Crippen LogP contribution in [0.5, 0.6) is 0 Å². The van der Waals surface area contributed by atoms with Gasteiger partial charge in [-0.3, -0.25) is 4.98 Å². The van der Waals surface area contributed by atoms with E-state index in [1.165, 1.54) is 23.8 Å². The Hall–Kier alpha value is -1.12. The van der Waals surface area contributed by atoms with E-state index < -0.39 is 0 Å². The van der Waals surface area contributed by atoms with Crippen molar-refractivity contribution < 1.29 is 0 Å². The highest BCUT2D eigenvalue weighted by Crippen LogP contribution is 2.23. The first-order valence-electron chi connectivity index (χ1n) is 7.03. The van der Waals surface area contributed by atoms with E-state index in [1.807, 2.05) is 12.3 Å². The molecule has 3 rings (SSSR count). The van der Waals surface area contributed by atoms with Gasteiger partial charge in [-0.15, -0.1) is 11.6 Å². The fourth-order valence-electron chi connectivity index (χ4n) is 2.82. The Morgan fingerprint density at radius 1 is 1.11 bits per heavy atom. The van der Waals surface area contributed by atoms with Gasteiger partial charge in [-0.25, -0.2) is 0 Å². The second-order valence-corrected chi connectivity index (χ2v) is 5.93. The van der Waals surface area contributed by atoms with Gasteiger partial charge in [-0.05, 0) is 43.4 Å². The van der Waals surface area contributed by atoms with Crippen molar-refractivity contribution in [1.29, 1.82) is 0 Å². The molecule has 1 N–H and O–H groups in total. The first-order valence-corrected chi connectivity index (χ1v) is 7.46. The van der Waals surface area contributed by atoms with Crippen LogP contribution in [0.25, 0.3) is 10.9 Å². The van der Waals surface area contributed by atoms with E-state index in [0.29, 0.717) is 11.4 Å². The third kappa shape index (κ3) is 3.07. The second-order valence-electron chi connectivity index (χ2n) is 5.32. The molecule has 0 bridgehead atoms. The maximum Gasteiger partial charge on any atom is 0.0705 e. The molecule has 1 aliphatic rings. The zero-order valence-electron chi connectivity index (χ0n) is 11.0. The first-order chi connectivity index (χ1) is 9.33. The summed E-state index contributed by atoms with van der Waals surface area (Å²) in [6, 6.07) is 11.1. The monoisotopic (exact) mass is 274 g/mol. The molecule has 1 aromatic carbocycles. The number of pyridine rings is 1. The number of aromatic nitrogens is 1. The summed E-state index contributed by atoms with van der Waals surface area (Å²) in [5.41, 5.74) is 2.41. The molecule has 1 saturated carbocycles. The van der Waals surface area contributed by atoms with E-state index in [1.54, 1.807) is 0 Å². The fraction of sp³-hybridized carbons (Fsp3) is 0.438. The molecular formula is C16H19ClN2. The van der Waals surface area contributed by atoms with Crippen LogP contribution in [-0.2, 0) is 6.54 Å². The number of hydrogen-bond donors (Lipinski definition) is 1. The summed E-state index contributed by atoms with van der Waals surface area (Å²) in [5.74, 6) is 0. The Bertz CT molecular complexity index is 542. The Morgan fingerprint density at radius 2 is 1.89 bits per heavy atom. The molecule has 0 aliphatic heterocycles. The fourth-order valence-corrected chi connectivity index (χ4v) is 3.07. The van der Waals surface area contributed by atoms with Crippen LogP contribution in [0.15, 0.2) is 36.5 Å². The lowest BCUT2D eigenvalue weighted by molar-refractivity contribution is 0.376. The topological polar surface area (TPSA) is 24.9 Å². The zero-order valence-corrected chi connectivity index (χ0v) is 11.7. The first kappa shape index (κ1) is 12.9. The van der Waals surface area contributed by atoms with Gasteiger partial charge in [0.25, 0.3) is 0 Å². The van der Waals surface area contributed by atoms with Crippen molar-refractivity contribution >= 4 is 22.5 Å². The molecule has 0 radical (unpaired) electrons. The molecule has 1 aromatic heterocycles. The van der Waals surface area contributed by atoms with Crippen LogP contribution in [0.2, 0.25) is 0 Å². The van der Waals surface area contributed by atoms with E-state index in [4.69, 9.17) is 11.6 Å². The Kier molecular flexibility index (Phi) is 4.00. The van der Waals surface area contributed by atoms with Gasteiger partial charge in [0.15, 0.2) is 0 Å². The SMILES string of the molecule is ClC1CCC(NCc2ccnc3ccccc23)CC1. The van der Waals surface area contributed by atoms with Crippen molar-refractivity contribution in [3.05, 3.63) is 42.1 Å². The molecule has 19 heavy (non-hydrogen) atoms. The van der Waals surface area contributed by atoms with Crippen molar-refractivity contribution in [2.45, 2.75) is 43.6 Å². The van der Waals surface area contributed by atoms with Gasteiger partial charge < -0.3 is 5.32 Å². The average Bonchev–Trinajstić information content (AvgIpc) is 2.47. The third-order valence-corrected chi connectivity index (χ3v) is 4.41. The molecule has 1 heterocycles. The number of fused-ring (bicyclic) bond motifs is 1.